The molecule has 0 N–H and O–H groups in total. The summed E-state index contributed by atoms with van der Waals surface area (Å²) in [6.45, 7) is 7.19. The summed E-state index contributed by atoms with van der Waals surface area (Å²) in [6, 6.07) is 0. The standard InChI is InChI=1S/C16H33NO2.CH2O/c1-5-6-7-8-9-10-12-15(2)19-16(18)13-11-14-17(3)4;1-2/h15H,5-14H2,1-4H3;1H2. The fourth-order valence-corrected chi connectivity index (χ4v) is 2.09. The molecule has 4 nitrogen and oxygen atoms in total. The van der Waals surface area contributed by atoms with E-state index in [2.05, 4.69) is 11.8 Å². The normalized spacial score (nSPS) is 11.7. The number of hydrogen-bond donors (Lipinski definition) is 0. The number of ether oxygens (including phenoxy) is 1. The van der Waals surface area contributed by atoms with Crippen molar-refractivity contribution in [2.45, 2.75) is 77.7 Å². The van der Waals surface area contributed by atoms with E-state index in [1.54, 1.807) is 0 Å². The van der Waals surface area contributed by atoms with Gasteiger partial charge in [0.25, 0.3) is 0 Å². The Labute approximate surface area is 131 Å². The number of hydrogen-bond acceptors (Lipinski definition) is 4. The van der Waals surface area contributed by atoms with Crippen LogP contribution in [0.25, 0.3) is 0 Å². The van der Waals surface area contributed by atoms with E-state index in [1.807, 2.05) is 27.8 Å². The van der Waals surface area contributed by atoms with Crippen LogP contribution in [0.3, 0.4) is 0 Å². The first kappa shape index (κ1) is 22.4. The quantitative estimate of drug-likeness (QED) is 0.406. The molecule has 0 aliphatic heterocycles. The van der Waals surface area contributed by atoms with E-state index < -0.39 is 0 Å². The zero-order valence-corrected chi connectivity index (χ0v) is 14.5. The van der Waals surface area contributed by atoms with Gasteiger partial charge >= 0.3 is 5.97 Å². The Balaban J connectivity index is 0. The number of nitrogens with zero attached hydrogens (tertiary/aromatic N) is 1. The second kappa shape index (κ2) is 17.2. The van der Waals surface area contributed by atoms with E-state index in [0.717, 1.165) is 19.4 Å². The molecule has 0 bridgehead atoms. The minimum Gasteiger partial charge on any atom is -0.463 e. The van der Waals surface area contributed by atoms with E-state index in [1.165, 1.54) is 38.5 Å². The second-order valence-corrected chi connectivity index (χ2v) is 5.76. The molecule has 0 radical (unpaired) electrons. The van der Waals surface area contributed by atoms with Gasteiger partial charge in [0.1, 0.15) is 6.79 Å². The monoisotopic (exact) mass is 301 g/mol. The fraction of sp³-hybridized carbons (Fsp3) is 0.882. The van der Waals surface area contributed by atoms with Crippen molar-refractivity contribution in [3.8, 4) is 0 Å². The van der Waals surface area contributed by atoms with Crippen LogP contribution in [0.5, 0.6) is 0 Å². The first-order valence-electron chi connectivity index (χ1n) is 8.19. The number of unbranched alkanes of at least 4 members (excludes halogenated alkanes) is 5. The van der Waals surface area contributed by atoms with Gasteiger partial charge in [0.15, 0.2) is 0 Å². The Morgan fingerprint density at radius 2 is 1.62 bits per heavy atom. The summed E-state index contributed by atoms with van der Waals surface area (Å²) >= 11 is 0. The second-order valence-electron chi connectivity index (χ2n) is 5.76. The van der Waals surface area contributed by atoms with Gasteiger partial charge in [-0.15, -0.1) is 0 Å². The summed E-state index contributed by atoms with van der Waals surface area (Å²) in [5.41, 5.74) is 0. The molecule has 0 saturated carbocycles. The summed E-state index contributed by atoms with van der Waals surface area (Å²) < 4.78 is 5.40. The maximum absolute atomic E-state index is 11.6. The van der Waals surface area contributed by atoms with E-state index in [4.69, 9.17) is 9.53 Å². The molecule has 0 heterocycles. The van der Waals surface area contributed by atoms with Crippen LogP contribution >= 0.6 is 0 Å². The molecular formula is C17H35NO3. The lowest BCUT2D eigenvalue weighted by Gasteiger charge is -2.14. The van der Waals surface area contributed by atoms with Crippen LogP contribution in [0.4, 0.5) is 0 Å². The van der Waals surface area contributed by atoms with Crippen LogP contribution in [0.2, 0.25) is 0 Å². The van der Waals surface area contributed by atoms with Crippen LogP contribution in [0.15, 0.2) is 0 Å². The van der Waals surface area contributed by atoms with Crippen molar-refractivity contribution < 1.29 is 14.3 Å². The molecule has 21 heavy (non-hydrogen) atoms. The molecule has 0 aromatic carbocycles. The third-order valence-electron chi connectivity index (χ3n) is 3.28. The van der Waals surface area contributed by atoms with Gasteiger partial charge in [-0.3, -0.25) is 4.79 Å². The van der Waals surface area contributed by atoms with Gasteiger partial charge in [-0.1, -0.05) is 39.0 Å². The zero-order valence-electron chi connectivity index (χ0n) is 14.5. The van der Waals surface area contributed by atoms with E-state index in [0.29, 0.717) is 6.42 Å². The Morgan fingerprint density at radius 1 is 1.05 bits per heavy atom. The van der Waals surface area contributed by atoms with Gasteiger partial charge in [0.2, 0.25) is 0 Å². The van der Waals surface area contributed by atoms with Crippen LogP contribution < -0.4 is 0 Å². The number of rotatable bonds is 12. The maximum Gasteiger partial charge on any atom is 0.306 e. The van der Waals surface area contributed by atoms with E-state index in [9.17, 15) is 4.79 Å². The molecule has 1 unspecified atom stereocenters. The molecule has 0 aromatic heterocycles. The van der Waals surface area contributed by atoms with Gasteiger partial charge < -0.3 is 14.4 Å². The van der Waals surface area contributed by atoms with E-state index in [-0.39, 0.29) is 12.1 Å². The fourth-order valence-electron chi connectivity index (χ4n) is 2.09. The first-order chi connectivity index (χ1) is 10.1. The summed E-state index contributed by atoms with van der Waals surface area (Å²) in [7, 11) is 4.04. The summed E-state index contributed by atoms with van der Waals surface area (Å²) in [5.74, 6) is -0.0414. The number of carbonyl (C=O) groups is 2. The van der Waals surface area contributed by atoms with Gasteiger partial charge in [-0.25, -0.2) is 0 Å². The first-order valence-corrected chi connectivity index (χ1v) is 8.19. The topological polar surface area (TPSA) is 46.6 Å². The predicted octanol–water partition coefficient (Wildman–Crippen LogP) is 3.83. The van der Waals surface area contributed by atoms with Gasteiger partial charge in [0, 0.05) is 6.42 Å². The third-order valence-corrected chi connectivity index (χ3v) is 3.28. The molecule has 1 atom stereocenters. The Bertz CT molecular complexity index is 232. The number of carbonyl (C=O) groups excluding carboxylic acids is 2. The van der Waals surface area contributed by atoms with Crippen molar-refractivity contribution in [3.05, 3.63) is 0 Å². The average Bonchev–Trinajstić information content (AvgIpc) is 2.44. The highest BCUT2D eigenvalue weighted by Gasteiger charge is 2.09. The maximum atomic E-state index is 11.6. The van der Waals surface area contributed by atoms with Gasteiger partial charge in [-0.05, 0) is 46.8 Å². The molecule has 0 amide bonds. The molecule has 0 fully saturated rings. The lowest BCUT2D eigenvalue weighted by Crippen LogP contribution is -2.18. The van der Waals surface area contributed by atoms with Crippen molar-refractivity contribution in [1.29, 1.82) is 0 Å². The highest BCUT2D eigenvalue weighted by Crippen LogP contribution is 2.11. The van der Waals surface area contributed by atoms with Gasteiger partial charge in [-0.2, -0.15) is 0 Å². The molecule has 0 spiro atoms. The minimum atomic E-state index is -0.0414. The van der Waals surface area contributed by atoms with Crippen molar-refractivity contribution in [1.82, 2.24) is 4.90 Å². The predicted molar refractivity (Wildman–Crippen MR) is 88.5 cm³/mol. The number of esters is 1. The van der Waals surface area contributed by atoms with Crippen LogP contribution in [0, 0.1) is 0 Å². The minimum absolute atomic E-state index is 0.0414. The molecule has 0 rings (SSSR count). The van der Waals surface area contributed by atoms with Crippen LogP contribution in [-0.4, -0.2) is 44.4 Å². The Kier molecular flexibility index (Phi) is 18.3. The highest BCUT2D eigenvalue weighted by molar-refractivity contribution is 5.69. The largest absolute Gasteiger partial charge is 0.463 e. The molecule has 0 aliphatic carbocycles. The summed E-state index contributed by atoms with van der Waals surface area (Å²) in [6.07, 6.45) is 10.3. The summed E-state index contributed by atoms with van der Waals surface area (Å²) in [4.78, 5) is 21.7. The third kappa shape index (κ3) is 19.1. The highest BCUT2D eigenvalue weighted by atomic mass is 16.5. The average molecular weight is 301 g/mol. The van der Waals surface area contributed by atoms with Gasteiger partial charge in [0.05, 0.1) is 6.10 Å². The molecule has 0 aliphatic rings. The van der Waals surface area contributed by atoms with Crippen molar-refractivity contribution >= 4 is 12.8 Å². The van der Waals surface area contributed by atoms with Crippen molar-refractivity contribution in [2.24, 2.45) is 0 Å². The molecule has 0 aromatic rings. The lowest BCUT2D eigenvalue weighted by atomic mass is 10.1. The van der Waals surface area contributed by atoms with Crippen molar-refractivity contribution in [2.75, 3.05) is 20.6 Å². The molecular weight excluding hydrogens is 266 g/mol. The Morgan fingerprint density at radius 3 is 2.19 bits per heavy atom. The Hall–Kier alpha value is -0.900. The molecule has 4 heteroatoms. The SMILES string of the molecule is C=O.CCCCCCCCC(C)OC(=O)CCCN(C)C. The lowest BCUT2D eigenvalue weighted by molar-refractivity contribution is -0.148. The molecule has 126 valence electrons. The van der Waals surface area contributed by atoms with Crippen LogP contribution in [0.1, 0.15) is 71.6 Å². The molecule has 0 saturated heterocycles. The van der Waals surface area contributed by atoms with Crippen molar-refractivity contribution in [3.63, 3.8) is 0 Å². The van der Waals surface area contributed by atoms with E-state index >= 15 is 0 Å². The zero-order chi connectivity index (χ0) is 16.5. The smallest absolute Gasteiger partial charge is 0.306 e. The van der Waals surface area contributed by atoms with Crippen LogP contribution in [-0.2, 0) is 14.3 Å². The summed E-state index contributed by atoms with van der Waals surface area (Å²) in [5, 5.41) is 0.